The van der Waals surface area contributed by atoms with E-state index in [0.717, 1.165) is 17.3 Å². The zero-order valence-corrected chi connectivity index (χ0v) is 13.4. The van der Waals surface area contributed by atoms with E-state index in [9.17, 15) is 4.79 Å². The first kappa shape index (κ1) is 13.9. The minimum Gasteiger partial charge on any atom is -0.420 e. The Hall–Kier alpha value is -1.69. The summed E-state index contributed by atoms with van der Waals surface area (Å²) in [6.07, 6.45) is 4.67. The van der Waals surface area contributed by atoms with E-state index in [1.165, 1.54) is 24.1 Å². The quantitative estimate of drug-likeness (QED) is 0.869. The summed E-state index contributed by atoms with van der Waals surface area (Å²) in [5, 5.41) is 8.15. The lowest BCUT2D eigenvalue weighted by atomic mass is 10.1. The lowest BCUT2D eigenvalue weighted by Crippen LogP contribution is -2.37. The second-order valence-corrected chi connectivity index (χ2v) is 7.58. The predicted molar refractivity (Wildman–Crippen MR) is 83.5 cm³/mol. The first-order valence-corrected chi connectivity index (χ1v) is 8.69. The number of rotatable bonds is 4. The zero-order valence-electron chi connectivity index (χ0n) is 12.6. The van der Waals surface area contributed by atoms with Crippen LogP contribution in [0.5, 0.6) is 0 Å². The molecule has 1 amide bonds. The molecule has 1 saturated heterocycles. The summed E-state index contributed by atoms with van der Waals surface area (Å²) >= 11 is 1.64. The fraction of sp³-hybridized carbons (Fsp3) is 0.562. The normalized spacial score (nSPS) is 23.4. The maximum Gasteiger partial charge on any atom is 0.257 e. The first-order chi connectivity index (χ1) is 10.7. The first-order valence-electron chi connectivity index (χ1n) is 7.87. The van der Waals surface area contributed by atoms with Crippen LogP contribution in [0.4, 0.5) is 0 Å². The van der Waals surface area contributed by atoms with E-state index in [1.54, 1.807) is 11.3 Å². The average Bonchev–Trinajstić information content (AvgIpc) is 3.27. The fourth-order valence-electron chi connectivity index (χ4n) is 3.59. The van der Waals surface area contributed by atoms with Crippen molar-refractivity contribution in [2.45, 2.75) is 45.1 Å². The molecule has 2 atom stereocenters. The van der Waals surface area contributed by atoms with Crippen molar-refractivity contribution in [3.63, 3.8) is 0 Å². The van der Waals surface area contributed by atoms with Gasteiger partial charge in [-0.25, -0.2) is 0 Å². The molecule has 0 aromatic carbocycles. The predicted octanol–water partition coefficient (Wildman–Crippen LogP) is 3.05. The number of carbonyl (C=O) groups excluding carboxylic acids is 1. The molecule has 0 unspecified atom stereocenters. The van der Waals surface area contributed by atoms with Crippen LogP contribution in [-0.4, -0.2) is 33.6 Å². The van der Waals surface area contributed by atoms with Gasteiger partial charge in [0, 0.05) is 30.3 Å². The topological polar surface area (TPSA) is 59.2 Å². The highest BCUT2D eigenvalue weighted by atomic mass is 32.1. The number of carbonyl (C=O) groups is 1. The summed E-state index contributed by atoms with van der Waals surface area (Å²) in [6.45, 7) is 3.00. The Morgan fingerprint density at radius 3 is 3.00 bits per heavy atom. The van der Waals surface area contributed by atoms with Crippen LogP contribution in [0.1, 0.15) is 36.5 Å². The molecular weight excluding hydrogens is 298 g/mol. The number of hydrogen-bond acceptors (Lipinski definition) is 5. The molecule has 4 rings (SSSR count). The summed E-state index contributed by atoms with van der Waals surface area (Å²) in [6, 6.07) is 4.52. The van der Waals surface area contributed by atoms with Gasteiger partial charge >= 0.3 is 0 Å². The SMILES string of the molecule is Cc1ccc(-c2nnc(CCC(=O)N3C[C@H]4CC[C@H]3C4)o2)s1. The number of aryl methyl sites for hydroxylation is 2. The van der Waals surface area contributed by atoms with Crippen molar-refractivity contribution >= 4 is 17.2 Å². The van der Waals surface area contributed by atoms with E-state index in [2.05, 4.69) is 15.1 Å². The Bertz CT molecular complexity index is 693. The molecule has 3 heterocycles. The number of nitrogens with zero attached hydrogens (tertiary/aromatic N) is 3. The van der Waals surface area contributed by atoms with Gasteiger partial charge in [0.25, 0.3) is 5.89 Å². The van der Waals surface area contributed by atoms with Crippen LogP contribution in [-0.2, 0) is 11.2 Å². The number of likely N-dealkylation sites (tertiary alicyclic amines) is 1. The van der Waals surface area contributed by atoms with E-state index in [0.29, 0.717) is 30.7 Å². The van der Waals surface area contributed by atoms with Crippen LogP contribution < -0.4 is 0 Å². The minimum atomic E-state index is 0.235. The Balaban J connectivity index is 1.36. The average molecular weight is 317 g/mol. The smallest absolute Gasteiger partial charge is 0.257 e. The zero-order chi connectivity index (χ0) is 15.1. The molecule has 0 spiro atoms. The maximum atomic E-state index is 12.3. The maximum absolute atomic E-state index is 12.3. The van der Waals surface area contributed by atoms with E-state index in [-0.39, 0.29) is 5.91 Å². The standard InChI is InChI=1S/C16H19N3O2S/c1-10-2-5-13(22-10)16-18-17-14(21-16)6-7-15(20)19-9-11-3-4-12(19)8-11/h2,5,11-12H,3-4,6-9H2,1H3/t11-,12-/m0/s1. The van der Waals surface area contributed by atoms with Crippen LogP contribution in [0.3, 0.4) is 0 Å². The number of hydrogen-bond donors (Lipinski definition) is 0. The van der Waals surface area contributed by atoms with Gasteiger partial charge in [-0.15, -0.1) is 21.5 Å². The van der Waals surface area contributed by atoms with Crippen LogP contribution in [0.2, 0.25) is 0 Å². The van der Waals surface area contributed by atoms with Crippen LogP contribution in [0.25, 0.3) is 10.8 Å². The molecule has 2 aliphatic rings. The molecule has 5 nitrogen and oxygen atoms in total. The number of piperidine rings is 1. The van der Waals surface area contributed by atoms with Crippen molar-refractivity contribution in [3.8, 4) is 10.8 Å². The van der Waals surface area contributed by atoms with E-state index >= 15 is 0 Å². The van der Waals surface area contributed by atoms with Gasteiger partial charge in [0.1, 0.15) is 0 Å². The molecule has 2 aromatic heterocycles. The van der Waals surface area contributed by atoms with Crippen LogP contribution in [0, 0.1) is 12.8 Å². The lowest BCUT2D eigenvalue weighted by molar-refractivity contribution is -0.132. The third kappa shape index (κ3) is 2.56. The third-order valence-corrected chi connectivity index (χ3v) is 5.69. The van der Waals surface area contributed by atoms with Crippen molar-refractivity contribution in [2.75, 3.05) is 6.54 Å². The number of amides is 1. The minimum absolute atomic E-state index is 0.235. The second-order valence-electron chi connectivity index (χ2n) is 6.29. The van der Waals surface area contributed by atoms with Crippen molar-refractivity contribution in [1.29, 1.82) is 0 Å². The summed E-state index contributed by atoms with van der Waals surface area (Å²) in [7, 11) is 0. The van der Waals surface area contributed by atoms with Crippen molar-refractivity contribution < 1.29 is 9.21 Å². The molecule has 116 valence electrons. The van der Waals surface area contributed by atoms with Crippen LogP contribution in [0.15, 0.2) is 16.5 Å². The lowest BCUT2D eigenvalue weighted by Gasteiger charge is -2.26. The third-order valence-electron chi connectivity index (χ3n) is 4.70. The summed E-state index contributed by atoms with van der Waals surface area (Å²) in [5.41, 5.74) is 0. The molecule has 2 fully saturated rings. The molecule has 1 aliphatic heterocycles. The summed E-state index contributed by atoms with van der Waals surface area (Å²) in [4.78, 5) is 16.6. The Labute approximate surface area is 133 Å². The summed E-state index contributed by atoms with van der Waals surface area (Å²) < 4.78 is 5.68. The van der Waals surface area contributed by atoms with Gasteiger partial charge in [0.05, 0.1) is 4.88 Å². The molecule has 1 aliphatic carbocycles. The molecular formula is C16H19N3O2S. The molecule has 2 aromatic rings. The van der Waals surface area contributed by atoms with E-state index in [4.69, 9.17) is 4.42 Å². The van der Waals surface area contributed by atoms with Crippen molar-refractivity contribution in [2.24, 2.45) is 5.92 Å². The molecule has 0 N–H and O–H groups in total. The Kier molecular flexibility index (Phi) is 3.48. The molecule has 6 heteroatoms. The number of thiophene rings is 1. The highest BCUT2D eigenvalue weighted by molar-refractivity contribution is 7.15. The highest BCUT2D eigenvalue weighted by Crippen LogP contribution is 2.37. The van der Waals surface area contributed by atoms with Gasteiger partial charge in [-0.1, -0.05) is 0 Å². The fourth-order valence-corrected chi connectivity index (χ4v) is 4.38. The monoisotopic (exact) mass is 317 g/mol. The van der Waals surface area contributed by atoms with Gasteiger partial charge in [0.15, 0.2) is 0 Å². The Morgan fingerprint density at radius 2 is 2.32 bits per heavy atom. The number of aromatic nitrogens is 2. The number of fused-ring (bicyclic) bond motifs is 2. The largest absolute Gasteiger partial charge is 0.420 e. The molecule has 22 heavy (non-hydrogen) atoms. The van der Waals surface area contributed by atoms with E-state index < -0.39 is 0 Å². The van der Waals surface area contributed by atoms with Gasteiger partial charge in [-0.3, -0.25) is 4.79 Å². The summed E-state index contributed by atoms with van der Waals surface area (Å²) in [5.74, 6) is 2.09. The van der Waals surface area contributed by atoms with Gasteiger partial charge in [0.2, 0.25) is 11.8 Å². The van der Waals surface area contributed by atoms with E-state index in [1.807, 2.05) is 19.1 Å². The molecule has 2 bridgehead atoms. The van der Waals surface area contributed by atoms with Gasteiger partial charge < -0.3 is 9.32 Å². The Morgan fingerprint density at radius 1 is 1.41 bits per heavy atom. The van der Waals surface area contributed by atoms with Gasteiger partial charge in [-0.05, 0) is 44.2 Å². The van der Waals surface area contributed by atoms with Crippen molar-refractivity contribution in [3.05, 3.63) is 22.9 Å². The molecule has 0 radical (unpaired) electrons. The second kappa shape index (κ2) is 5.50. The van der Waals surface area contributed by atoms with Crippen LogP contribution >= 0.6 is 11.3 Å². The van der Waals surface area contributed by atoms with Crippen molar-refractivity contribution in [1.82, 2.24) is 15.1 Å². The molecule has 1 saturated carbocycles. The highest BCUT2D eigenvalue weighted by Gasteiger charge is 2.39. The van der Waals surface area contributed by atoms with Gasteiger partial charge in [-0.2, -0.15) is 0 Å².